The average Bonchev–Trinajstić information content (AvgIpc) is 1.95. The highest BCUT2D eigenvalue weighted by Crippen LogP contribution is 2.24. The molecule has 0 N–H and O–H groups in total. The Hall–Kier alpha value is -0.0800. The molecule has 1 aromatic carbocycles. The summed E-state index contributed by atoms with van der Waals surface area (Å²) in [6.07, 6.45) is 0. The molecule has 0 radical (unpaired) electrons. The van der Waals surface area contributed by atoms with Gasteiger partial charge in [0.15, 0.2) is 5.69 Å². The lowest BCUT2D eigenvalue weighted by Gasteiger charge is -1.93. The highest BCUT2D eigenvalue weighted by Gasteiger charge is 1.95. The number of rotatable bonds is 0. The van der Waals surface area contributed by atoms with E-state index in [2.05, 4.69) is 43.4 Å². The summed E-state index contributed by atoms with van der Waals surface area (Å²) in [5.41, 5.74) is 0.673. The SMILES string of the molecule is [C-]#[N+]c1ccc(I)c(Br)c1. The Labute approximate surface area is 81.5 Å². The van der Waals surface area contributed by atoms with Gasteiger partial charge in [-0.15, -0.1) is 0 Å². The van der Waals surface area contributed by atoms with Gasteiger partial charge >= 0.3 is 0 Å². The summed E-state index contributed by atoms with van der Waals surface area (Å²) >= 11 is 5.54. The van der Waals surface area contributed by atoms with E-state index in [1.54, 1.807) is 6.07 Å². The summed E-state index contributed by atoms with van der Waals surface area (Å²) in [6, 6.07) is 5.53. The zero-order chi connectivity index (χ0) is 7.56. The number of halogens is 2. The van der Waals surface area contributed by atoms with Crippen molar-refractivity contribution in [3.63, 3.8) is 0 Å². The molecule has 0 aromatic heterocycles. The molecule has 0 saturated carbocycles. The Morgan fingerprint density at radius 1 is 1.50 bits per heavy atom. The lowest BCUT2D eigenvalue weighted by Crippen LogP contribution is -1.70. The quantitative estimate of drug-likeness (QED) is 0.509. The van der Waals surface area contributed by atoms with Crippen molar-refractivity contribution < 1.29 is 0 Å². The summed E-state index contributed by atoms with van der Waals surface area (Å²) in [5, 5.41) is 0. The third kappa shape index (κ3) is 1.70. The Morgan fingerprint density at radius 2 is 2.20 bits per heavy atom. The van der Waals surface area contributed by atoms with Gasteiger partial charge in [-0.25, -0.2) is 4.85 Å². The summed E-state index contributed by atoms with van der Waals surface area (Å²) in [6.45, 7) is 6.71. The second kappa shape index (κ2) is 3.35. The Balaban J connectivity index is 3.20. The minimum absolute atomic E-state index is 0.673. The molecule has 0 bridgehead atoms. The van der Waals surface area contributed by atoms with Crippen molar-refractivity contribution in [3.8, 4) is 0 Å². The van der Waals surface area contributed by atoms with Gasteiger partial charge in [0.1, 0.15) is 0 Å². The molecule has 0 aliphatic rings. The highest BCUT2D eigenvalue weighted by atomic mass is 127. The van der Waals surface area contributed by atoms with Crippen LogP contribution in [0, 0.1) is 10.1 Å². The van der Waals surface area contributed by atoms with Gasteiger partial charge in [-0.1, -0.05) is 28.1 Å². The maximum absolute atomic E-state index is 6.71. The molecule has 10 heavy (non-hydrogen) atoms. The van der Waals surface area contributed by atoms with Crippen LogP contribution in [-0.4, -0.2) is 0 Å². The van der Waals surface area contributed by atoms with E-state index in [1.165, 1.54) is 0 Å². The fourth-order valence-corrected chi connectivity index (χ4v) is 1.26. The largest absolute Gasteiger partial charge is 0.238 e. The minimum Gasteiger partial charge on any atom is -0.238 e. The molecule has 0 spiro atoms. The van der Waals surface area contributed by atoms with E-state index in [-0.39, 0.29) is 0 Å². The van der Waals surface area contributed by atoms with E-state index in [0.29, 0.717) is 5.69 Å². The molecule has 3 heteroatoms. The van der Waals surface area contributed by atoms with Gasteiger partial charge < -0.3 is 0 Å². The summed E-state index contributed by atoms with van der Waals surface area (Å²) < 4.78 is 2.12. The number of nitrogens with zero attached hydrogens (tertiary/aromatic N) is 1. The fourth-order valence-electron chi connectivity index (χ4n) is 0.555. The number of benzene rings is 1. The van der Waals surface area contributed by atoms with E-state index in [4.69, 9.17) is 6.57 Å². The van der Waals surface area contributed by atoms with E-state index >= 15 is 0 Å². The van der Waals surface area contributed by atoms with Gasteiger partial charge in [-0.3, -0.25) is 0 Å². The molecule has 1 nitrogen and oxygen atoms in total. The fraction of sp³-hybridized carbons (Fsp3) is 0. The van der Waals surface area contributed by atoms with Crippen LogP contribution in [-0.2, 0) is 0 Å². The topological polar surface area (TPSA) is 4.36 Å². The second-order valence-electron chi connectivity index (χ2n) is 1.71. The van der Waals surface area contributed by atoms with E-state index in [1.807, 2.05) is 12.1 Å². The monoisotopic (exact) mass is 307 g/mol. The molecule has 0 fully saturated rings. The van der Waals surface area contributed by atoms with Crippen LogP contribution in [0.3, 0.4) is 0 Å². The third-order valence-electron chi connectivity index (χ3n) is 1.03. The predicted octanol–water partition coefficient (Wildman–Crippen LogP) is 3.60. The first-order chi connectivity index (χ1) is 4.74. The maximum atomic E-state index is 6.71. The van der Waals surface area contributed by atoms with Crippen molar-refractivity contribution in [2.45, 2.75) is 0 Å². The number of hydrogen-bond acceptors (Lipinski definition) is 0. The van der Waals surface area contributed by atoms with Crippen LogP contribution in [0.25, 0.3) is 4.85 Å². The zero-order valence-electron chi connectivity index (χ0n) is 4.94. The summed E-state index contributed by atoms with van der Waals surface area (Å²) in [7, 11) is 0. The lowest BCUT2D eigenvalue weighted by molar-refractivity contribution is 1.60. The normalized spacial score (nSPS) is 8.90. The van der Waals surface area contributed by atoms with Crippen LogP contribution in [0.4, 0.5) is 5.69 Å². The second-order valence-corrected chi connectivity index (χ2v) is 3.73. The average molecular weight is 308 g/mol. The van der Waals surface area contributed by atoms with Crippen molar-refractivity contribution in [1.29, 1.82) is 0 Å². The Bertz CT molecular complexity index is 290. The van der Waals surface area contributed by atoms with E-state index in [9.17, 15) is 0 Å². The molecule has 0 unspecified atom stereocenters. The molecule has 1 aromatic rings. The molecular formula is C7H3BrIN. The standard InChI is InChI=1S/C7H3BrIN/c1-10-5-2-3-7(9)6(8)4-5/h2-4H. The van der Waals surface area contributed by atoms with Crippen LogP contribution >= 0.6 is 38.5 Å². The number of hydrogen-bond donors (Lipinski definition) is 0. The van der Waals surface area contributed by atoms with E-state index < -0.39 is 0 Å². The van der Waals surface area contributed by atoms with Crippen molar-refractivity contribution in [2.24, 2.45) is 0 Å². The Morgan fingerprint density at radius 3 is 2.70 bits per heavy atom. The lowest BCUT2D eigenvalue weighted by atomic mass is 10.3. The maximum Gasteiger partial charge on any atom is 0.188 e. The first-order valence-electron chi connectivity index (χ1n) is 2.56. The van der Waals surface area contributed by atoms with Crippen molar-refractivity contribution in [3.05, 3.63) is 37.7 Å². The zero-order valence-corrected chi connectivity index (χ0v) is 8.68. The van der Waals surface area contributed by atoms with Crippen molar-refractivity contribution >= 4 is 44.2 Å². The molecule has 50 valence electrons. The van der Waals surface area contributed by atoms with Crippen LogP contribution in [0.5, 0.6) is 0 Å². The molecule has 0 heterocycles. The minimum atomic E-state index is 0.673. The van der Waals surface area contributed by atoms with Gasteiger partial charge in [0.05, 0.1) is 6.57 Å². The van der Waals surface area contributed by atoms with E-state index in [0.717, 1.165) is 8.04 Å². The van der Waals surface area contributed by atoms with Crippen molar-refractivity contribution in [2.75, 3.05) is 0 Å². The summed E-state index contributed by atoms with van der Waals surface area (Å²) in [5.74, 6) is 0. The first-order valence-corrected chi connectivity index (χ1v) is 4.43. The Kier molecular flexibility index (Phi) is 2.69. The molecule has 0 amide bonds. The van der Waals surface area contributed by atoms with Crippen LogP contribution < -0.4 is 0 Å². The predicted molar refractivity (Wildman–Crippen MR) is 53.1 cm³/mol. The first kappa shape index (κ1) is 8.02. The molecule has 0 atom stereocenters. The van der Waals surface area contributed by atoms with Gasteiger partial charge in [0.25, 0.3) is 0 Å². The molecule has 0 aliphatic heterocycles. The molecular weight excluding hydrogens is 305 g/mol. The van der Waals surface area contributed by atoms with Crippen LogP contribution in [0.1, 0.15) is 0 Å². The molecule has 0 aliphatic carbocycles. The van der Waals surface area contributed by atoms with Gasteiger partial charge in [0, 0.05) is 8.04 Å². The smallest absolute Gasteiger partial charge is 0.188 e. The van der Waals surface area contributed by atoms with Crippen LogP contribution in [0.15, 0.2) is 22.7 Å². The van der Waals surface area contributed by atoms with Crippen LogP contribution in [0.2, 0.25) is 0 Å². The molecule has 1 rings (SSSR count). The highest BCUT2D eigenvalue weighted by molar-refractivity contribution is 14.1. The third-order valence-corrected chi connectivity index (χ3v) is 3.37. The summed E-state index contributed by atoms with van der Waals surface area (Å²) in [4.78, 5) is 3.29. The van der Waals surface area contributed by atoms with Gasteiger partial charge in [-0.05, 0) is 28.7 Å². The molecule has 0 saturated heterocycles. The van der Waals surface area contributed by atoms with Gasteiger partial charge in [-0.2, -0.15) is 0 Å². The van der Waals surface area contributed by atoms with Crippen molar-refractivity contribution in [1.82, 2.24) is 0 Å². The van der Waals surface area contributed by atoms with Gasteiger partial charge in [0.2, 0.25) is 0 Å².